The van der Waals surface area contributed by atoms with Gasteiger partial charge in [-0.25, -0.2) is 4.98 Å². The summed E-state index contributed by atoms with van der Waals surface area (Å²) in [4.78, 5) is 10.9. The molecular weight excluding hydrogens is 248 g/mol. The molecule has 1 fully saturated rings. The number of aromatic nitrogens is 2. The fourth-order valence-corrected chi connectivity index (χ4v) is 2.71. The predicted molar refractivity (Wildman–Crippen MR) is 76.5 cm³/mol. The number of rotatable bonds is 4. The van der Waals surface area contributed by atoms with Gasteiger partial charge in [0.15, 0.2) is 5.82 Å². The van der Waals surface area contributed by atoms with Crippen molar-refractivity contribution in [2.75, 3.05) is 23.8 Å². The quantitative estimate of drug-likeness (QED) is 0.909. The van der Waals surface area contributed by atoms with Crippen LogP contribution >= 0.6 is 11.6 Å². The Morgan fingerprint density at radius 2 is 2.11 bits per heavy atom. The van der Waals surface area contributed by atoms with Crippen molar-refractivity contribution < 1.29 is 0 Å². The van der Waals surface area contributed by atoms with Gasteiger partial charge in [0, 0.05) is 19.6 Å². The van der Waals surface area contributed by atoms with E-state index in [2.05, 4.69) is 27.2 Å². The Bertz CT molecular complexity index is 391. The van der Waals surface area contributed by atoms with Crippen LogP contribution in [0.2, 0.25) is 5.02 Å². The molecule has 0 unspecified atom stereocenters. The highest BCUT2D eigenvalue weighted by Gasteiger charge is 2.21. The van der Waals surface area contributed by atoms with Crippen molar-refractivity contribution in [1.29, 1.82) is 0 Å². The smallest absolute Gasteiger partial charge is 0.224 e. The van der Waals surface area contributed by atoms with Gasteiger partial charge in [-0.1, -0.05) is 30.9 Å². The highest BCUT2D eigenvalue weighted by Crippen LogP contribution is 2.29. The second-order valence-electron chi connectivity index (χ2n) is 4.80. The van der Waals surface area contributed by atoms with Crippen LogP contribution in [-0.4, -0.2) is 29.6 Å². The van der Waals surface area contributed by atoms with Crippen molar-refractivity contribution in [1.82, 2.24) is 9.97 Å². The fourth-order valence-electron chi connectivity index (χ4n) is 2.49. The van der Waals surface area contributed by atoms with E-state index in [0.29, 0.717) is 17.0 Å². The summed E-state index contributed by atoms with van der Waals surface area (Å²) >= 11 is 6.22. The van der Waals surface area contributed by atoms with Crippen LogP contribution in [0.3, 0.4) is 0 Å². The summed E-state index contributed by atoms with van der Waals surface area (Å²) < 4.78 is 0. The van der Waals surface area contributed by atoms with Gasteiger partial charge in [0.2, 0.25) is 5.95 Å². The number of hydrogen-bond donors (Lipinski definition) is 1. The maximum atomic E-state index is 6.22. The maximum Gasteiger partial charge on any atom is 0.224 e. The molecule has 1 N–H and O–H groups in total. The lowest BCUT2D eigenvalue weighted by Gasteiger charge is -2.32. The number of nitrogens with zero attached hydrogens (tertiary/aromatic N) is 3. The van der Waals surface area contributed by atoms with Gasteiger partial charge in [-0.2, -0.15) is 4.98 Å². The molecule has 0 spiro atoms. The van der Waals surface area contributed by atoms with Crippen LogP contribution < -0.4 is 10.2 Å². The van der Waals surface area contributed by atoms with Crippen molar-refractivity contribution in [3.8, 4) is 0 Å². The minimum Gasteiger partial charge on any atom is -0.355 e. The third-order valence-corrected chi connectivity index (χ3v) is 3.78. The topological polar surface area (TPSA) is 41.1 Å². The van der Waals surface area contributed by atoms with Crippen molar-refractivity contribution in [3.05, 3.63) is 11.2 Å². The zero-order chi connectivity index (χ0) is 13.0. The zero-order valence-corrected chi connectivity index (χ0v) is 11.9. The molecule has 1 aliphatic carbocycles. The van der Waals surface area contributed by atoms with Gasteiger partial charge in [-0.3, -0.25) is 0 Å². The first-order valence-corrected chi connectivity index (χ1v) is 7.09. The molecule has 18 heavy (non-hydrogen) atoms. The molecule has 0 atom stereocenters. The summed E-state index contributed by atoms with van der Waals surface area (Å²) in [7, 11) is 2.08. The van der Waals surface area contributed by atoms with E-state index in [9.17, 15) is 0 Å². The van der Waals surface area contributed by atoms with E-state index in [0.717, 1.165) is 12.4 Å². The molecule has 0 saturated heterocycles. The molecule has 1 saturated carbocycles. The SMILES string of the molecule is CCNc1ncc(Cl)c(N(C)C2CCCCC2)n1. The van der Waals surface area contributed by atoms with Crippen LogP contribution in [0.5, 0.6) is 0 Å². The molecule has 1 heterocycles. The van der Waals surface area contributed by atoms with Gasteiger partial charge in [0.05, 0.1) is 6.20 Å². The number of hydrogen-bond acceptors (Lipinski definition) is 4. The first kappa shape index (κ1) is 13.4. The van der Waals surface area contributed by atoms with E-state index >= 15 is 0 Å². The number of halogens is 1. The summed E-state index contributed by atoms with van der Waals surface area (Å²) in [6.07, 6.45) is 8.10. The fraction of sp³-hybridized carbons (Fsp3) is 0.692. The number of anilines is 2. The van der Waals surface area contributed by atoms with E-state index in [1.165, 1.54) is 32.1 Å². The van der Waals surface area contributed by atoms with Crippen LogP contribution in [0.15, 0.2) is 6.20 Å². The highest BCUT2D eigenvalue weighted by molar-refractivity contribution is 6.32. The molecule has 0 aromatic carbocycles. The van der Waals surface area contributed by atoms with Gasteiger partial charge >= 0.3 is 0 Å². The molecule has 100 valence electrons. The standard InChI is InChI=1S/C13H21ClN4/c1-3-15-13-16-9-11(14)12(17-13)18(2)10-7-5-4-6-8-10/h9-10H,3-8H2,1-2H3,(H,15,16,17). The molecule has 2 rings (SSSR count). The first-order chi connectivity index (χ1) is 8.72. The van der Waals surface area contributed by atoms with E-state index in [-0.39, 0.29) is 0 Å². The molecule has 0 bridgehead atoms. The van der Waals surface area contributed by atoms with E-state index in [4.69, 9.17) is 11.6 Å². The Balaban J connectivity index is 2.16. The van der Waals surface area contributed by atoms with Gasteiger partial charge in [-0.05, 0) is 19.8 Å². The summed E-state index contributed by atoms with van der Waals surface area (Å²) in [6.45, 7) is 2.84. The molecule has 0 aliphatic heterocycles. The minimum absolute atomic E-state index is 0.556. The second-order valence-corrected chi connectivity index (χ2v) is 5.21. The Hall–Kier alpha value is -1.03. The monoisotopic (exact) mass is 268 g/mol. The molecule has 4 nitrogen and oxygen atoms in total. The molecule has 0 radical (unpaired) electrons. The molecule has 1 aromatic rings. The van der Waals surface area contributed by atoms with Crippen LogP contribution in [0, 0.1) is 0 Å². The lowest BCUT2D eigenvalue weighted by atomic mass is 9.94. The van der Waals surface area contributed by atoms with E-state index < -0.39 is 0 Å². The summed E-state index contributed by atoms with van der Waals surface area (Å²) in [5.41, 5.74) is 0. The average molecular weight is 269 g/mol. The molecule has 0 amide bonds. The summed E-state index contributed by atoms with van der Waals surface area (Å²) in [5, 5.41) is 3.75. The Labute approximate surface area is 114 Å². The highest BCUT2D eigenvalue weighted by atomic mass is 35.5. The maximum absolute atomic E-state index is 6.22. The van der Waals surface area contributed by atoms with Crippen molar-refractivity contribution in [2.45, 2.75) is 45.1 Å². The van der Waals surface area contributed by atoms with E-state index in [1.807, 2.05) is 6.92 Å². The van der Waals surface area contributed by atoms with E-state index in [1.54, 1.807) is 6.20 Å². The normalized spacial score (nSPS) is 16.6. The van der Waals surface area contributed by atoms with Crippen LogP contribution in [-0.2, 0) is 0 Å². The zero-order valence-electron chi connectivity index (χ0n) is 11.1. The minimum atomic E-state index is 0.556. The van der Waals surface area contributed by atoms with Gasteiger partial charge in [0.25, 0.3) is 0 Å². The lowest BCUT2D eigenvalue weighted by molar-refractivity contribution is 0.426. The van der Waals surface area contributed by atoms with Crippen LogP contribution in [0.1, 0.15) is 39.0 Å². The molecule has 1 aliphatic rings. The van der Waals surface area contributed by atoms with Crippen molar-refractivity contribution in [3.63, 3.8) is 0 Å². The van der Waals surface area contributed by atoms with Crippen molar-refractivity contribution >= 4 is 23.4 Å². The summed E-state index contributed by atoms with van der Waals surface area (Å²) in [5.74, 6) is 1.49. The lowest BCUT2D eigenvalue weighted by Crippen LogP contribution is -2.34. The number of nitrogens with one attached hydrogen (secondary N) is 1. The van der Waals surface area contributed by atoms with Gasteiger partial charge in [0.1, 0.15) is 5.02 Å². The predicted octanol–water partition coefficient (Wildman–Crippen LogP) is 3.33. The third kappa shape index (κ3) is 3.05. The Kier molecular flexibility index (Phi) is 4.64. The first-order valence-electron chi connectivity index (χ1n) is 6.71. The Morgan fingerprint density at radius 3 is 2.78 bits per heavy atom. The molecule has 1 aromatic heterocycles. The van der Waals surface area contributed by atoms with Gasteiger partial charge in [-0.15, -0.1) is 0 Å². The van der Waals surface area contributed by atoms with Crippen molar-refractivity contribution in [2.24, 2.45) is 0 Å². The second kappa shape index (κ2) is 6.23. The summed E-state index contributed by atoms with van der Waals surface area (Å²) in [6, 6.07) is 0.556. The largest absolute Gasteiger partial charge is 0.355 e. The third-order valence-electron chi connectivity index (χ3n) is 3.52. The Morgan fingerprint density at radius 1 is 1.39 bits per heavy atom. The van der Waals surface area contributed by atoms with Gasteiger partial charge < -0.3 is 10.2 Å². The molecule has 5 heteroatoms. The average Bonchev–Trinajstić information content (AvgIpc) is 2.41. The molecular formula is C13H21ClN4. The van der Waals surface area contributed by atoms with Crippen LogP contribution in [0.4, 0.5) is 11.8 Å². The van der Waals surface area contributed by atoms with Crippen LogP contribution in [0.25, 0.3) is 0 Å².